The summed E-state index contributed by atoms with van der Waals surface area (Å²) in [6, 6.07) is 3.11. The lowest BCUT2D eigenvalue weighted by atomic mass is 10.3. The van der Waals surface area contributed by atoms with Crippen molar-refractivity contribution in [2.75, 3.05) is 16.7 Å². The van der Waals surface area contributed by atoms with Gasteiger partial charge in [0.05, 0.1) is 28.8 Å². The van der Waals surface area contributed by atoms with Crippen molar-refractivity contribution >= 4 is 36.7 Å². The minimum Gasteiger partial charge on any atom is -0.310 e. The SMILES string of the molecule is CCS(=O)(=O)c1cc(NS(C)(=O)=O)cnc1-c1nc2cc(C)cnc2n1C. The molecule has 0 saturated carbocycles. The second-order valence-electron chi connectivity index (χ2n) is 6.20. The largest absolute Gasteiger partial charge is 0.310 e. The number of hydrogen-bond donors (Lipinski definition) is 1. The summed E-state index contributed by atoms with van der Waals surface area (Å²) in [6.07, 6.45) is 3.95. The molecular weight excluding hydrogens is 390 g/mol. The number of fused-ring (bicyclic) bond motifs is 1. The Balaban J connectivity index is 2.28. The van der Waals surface area contributed by atoms with Crippen LogP contribution < -0.4 is 4.72 Å². The van der Waals surface area contributed by atoms with Gasteiger partial charge in [0.1, 0.15) is 11.2 Å². The van der Waals surface area contributed by atoms with Gasteiger partial charge in [-0.05, 0) is 24.6 Å². The van der Waals surface area contributed by atoms with Crippen LogP contribution in [0.2, 0.25) is 0 Å². The summed E-state index contributed by atoms with van der Waals surface area (Å²) in [6.45, 7) is 3.40. The second kappa shape index (κ2) is 6.57. The third-order valence-electron chi connectivity index (χ3n) is 3.93. The van der Waals surface area contributed by atoms with Gasteiger partial charge in [-0.1, -0.05) is 6.92 Å². The third kappa shape index (κ3) is 3.78. The molecule has 3 rings (SSSR count). The molecule has 0 unspecified atom stereocenters. The number of nitrogens with zero attached hydrogens (tertiary/aromatic N) is 4. The van der Waals surface area contributed by atoms with E-state index in [0.29, 0.717) is 17.0 Å². The normalized spacial score (nSPS) is 12.4. The van der Waals surface area contributed by atoms with E-state index in [-0.39, 0.29) is 22.0 Å². The molecule has 0 bridgehead atoms. The Morgan fingerprint density at radius 1 is 1.11 bits per heavy atom. The second-order valence-corrected chi connectivity index (χ2v) is 10.2. The molecule has 0 aliphatic carbocycles. The fraction of sp³-hybridized carbons (Fsp3) is 0.312. The minimum atomic E-state index is -3.69. The molecule has 11 heteroatoms. The predicted molar refractivity (Wildman–Crippen MR) is 103 cm³/mol. The number of aromatic nitrogens is 4. The first-order valence-electron chi connectivity index (χ1n) is 8.02. The van der Waals surface area contributed by atoms with Crippen LogP contribution >= 0.6 is 0 Å². The van der Waals surface area contributed by atoms with E-state index >= 15 is 0 Å². The van der Waals surface area contributed by atoms with Crippen LogP contribution in [0.5, 0.6) is 0 Å². The zero-order valence-electron chi connectivity index (χ0n) is 15.3. The summed E-state index contributed by atoms with van der Waals surface area (Å²) in [4.78, 5) is 12.9. The molecule has 3 aromatic heterocycles. The molecule has 9 nitrogen and oxygen atoms in total. The lowest BCUT2D eigenvalue weighted by Crippen LogP contribution is -2.13. The number of sulfonamides is 1. The van der Waals surface area contributed by atoms with Crippen molar-refractivity contribution in [3.05, 3.63) is 30.1 Å². The Morgan fingerprint density at radius 2 is 1.81 bits per heavy atom. The van der Waals surface area contributed by atoms with Crippen LogP contribution in [-0.2, 0) is 26.9 Å². The molecule has 1 N–H and O–H groups in total. The molecular formula is C16H19N5O4S2. The summed E-state index contributed by atoms with van der Waals surface area (Å²) in [5.74, 6) is 0.173. The number of rotatable bonds is 5. The van der Waals surface area contributed by atoms with Crippen LogP contribution in [0.3, 0.4) is 0 Å². The molecule has 144 valence electrons. The summed E-state index contributed by atoms with van der Waals surface area (Å²) in [7, 11) is -5.54. The fourth-order valence-corrected chi connectivity index (χ4v) is 4.26. The first-order valence-corrected chi connectivity index (χ1v) is 11.6. The molecule has 0 aliphatic rings. The Bertz CT molecular complexity index is 1250. The maximum absolute atomic E-state index is 12.6. The maximum Gasteiger partial charge on any atom is 0.229 e. The van der Waals surface area contributed by atoms with Crippen molar-refractivity contribution in [1.29, 1.82) is 0 Å². The highest BCUT2D eigenvalue weighted by molar-refractivity contribution is 7.92. The smallest absolute Gasteiger partial charge is 0.229 e. The zero-order chi connectivity index (χ0) is 20.0. The van der Waals surface area contributed by atoms with Gasteiger partial charge >= 0.3 is 0 Å². The fourth-order valence-electron chi connectivity index (χ4n) is 2.66. The Hall–Kier alpha value is -2.53. The third-order valence-corrected chi connectivity index (χ3v) is 6.28. The minimum absolute atomic E-state index is 0.0704. The zero-order valence-corrected chi connectivity index (χ0v) is 16.9. The van der Waals surface area contributed by atoms with Crippen molar-refractivity contribution < 1.29 is 16.8 Å². The van der Waals surface area contributed by atoms with E-state index in [1.54, 1.807) is 17.8 Å². The van der Waals surface area contributed by atoms with Crippen LogP contribution in [-0.4, -0.2) is 48.4 Å². The molecule has 3 heterocycles. The number of hydrogen-bond acceptors (Lipinski definition) is 7. The van der Waals surface area contributed by atoms with Crippen molar-refractivity contribution in [1.82, 2.24) is 19.5 Å². The Labute approximate surface area is 157 Å². The topological polar surface area (TPSA) is 124 Å². The lowest BCUT2D eigenvalue weighted by molar-refractivity contribution is 0.596. The maximum atomic E-state index is 12.6. The average molecular weight is 409 g/mol. The van der Waals surface area contributed by atoms with Crippen molar-refractivity contribution in [3.63, 3.8) is 0 Å². The molecule has 0 radical (unpaired) electrons. The molecule has 0 saturated heterocycles. The van der Waals surface area contributed by atoms with Gasteiger partial charge in [0.25, 0.3) is 0 Å². The summed E-state index contributed by atoms with van der Waals surface area (Å²) in [5.41, 5.74) is 2.35. The van der Waals surface area contributed by atoms with E-state index in [1.165, 1.54) is 19.2 Å². The predicted octanol–water partition coefficient (Wildman–Crippen LogP) is 1.50. The quantitative estimate of drug-likeness (QED) is 0.677. The Kier molecular flexibility index (Phi) is 4.68. The van der Waals surface area contributed by atoms with Gasteiger partial charge < -0.3 is 4.57 Å². The van der Waals surface area contributed by atoms with E-state index < -0.39 is 19.9 Å². The number of aryl methyl sites for hydroxylation is 2. The summed E-state index contributed by atoms with van der Waals surface area (Å²) in [5, 5.41) is 0. The monoisotopic (exact) mass is 409 g/mol. The van der Waals surface area contributed by atoms with Gasteiger partial charge in [0, 0.05) is 13.2 Å². The van der Waals surface area contributed by atoms with Gasteiger partial charge in [0.2, 0.25) is 10.0 Å². The number of nitrogens with one attached hydrogen (secondary N) is 1. The molecule has 0 atom stereocenters. The van der Waals surface area contributed by atoms with Crippen molar-refractivity contribution in [2.24, 2.45) is 7.05 Å². The molecule has 0 spiro atoms. The van der Waals surface area contributed by atoms with E-state index in [1.807, 2.05) is 13.0 Å². The van der Waals surface area contributed by atoms with Gasteiger partial charge in [-0.2, -0.15) is 0 Å². The van der Waals surface area contributed by atoms with E-state index in [4.69, 9.17) is 0 Å². The van der Waals surface area contributed by atoms with Gasteiger partial charge in [-0.3, -0.25) is 4.72 Å². The highest BCUT2D eigenvalue weighted by Gasteiger charge is 2.24. The van der Waals surface area contributed by atoms with Crippen LogP contribution in [0.1, 0.15) is 12.5 Å². The van der Waals surface area contributed by atoms with E-state index in [2.05, 4.69) is 19.7 Å². The lowest BCUT2D eigenvalue weighted by Gasteiger charge is -2.11. The van der Waals surface area contributed by atoms with Crippen molar-refractivity contribution in [3.8, 4) is 11.5 Å². The first kappa shape index (κ1) is 19.2. The van der Waals surface area contributed by atoms with E-state index in [9.17, 15) is 16.8 Å². The summed E-state index contributed by atoms with van der Waals surface area (Å²) >= 11 is 0. The van der Waals surface area contributed by atoms with Crippen LogP contribution in [0.15, 0.2) is 29.4 Å². The highest BCUT2D eigenvalue weighted by atomic mass is 32.2. The van der Waals surface area contributed by atoms with Gasteiger partial charge in [0.15, 0.2) is 21.3 Å². The Morgan fingerprint density at radius 3 is 2.44 bits per heavy atom. The molecule has 0 aromatic carbocycles. The number of pyridine rings is 2. The molecule has 27 heavy (non-hydrogen) atoms. The van der Waals surface area contributed by atoms with E-state index in [0.717, 1.165) is 11.8 Å². The first-order chi connectivity index (χ1) is 12.5. The number of sulfone groups is 1. The number of imidazole rings is 1. The van der Waals surface area contributed by atoms with Crippen molar-refractivity contribution in [2.45, 2.75) is 18.7 Å². The highest BCUT2D eigenvalue weighted by Crippen LogP contribution is 2.30. The molecule has 3 aromatic rings. The summed E-state index contributed by atoms with van der Waals surface area (Å²) < 4.78 is 52.1. The van der Waals surface area contributed by atoms with Crippen LogP contribution in [0.4, 0.5) is 5.69 Å². The molecule has 0 aliphatic heterocycles. The molecule has 0 fully saturated rings. The van der Waals surface area contributed by atoms with Crippen LogP contribution in [0.25, 0.3) is 22.7 Å². The standard InChI is InChI=1S/C16H19N5O4S2/c1-5-27(24,25)13-7-11(20-26(4,22)23)9-17-14(13)16-19-12-6-10(2)8-18-15(12)21(16)3/h6-9,20H,5H2,1-4H3. The number of anilines is 1. The van der Waals surface area contributed by atoms with Gasteiger partial charge in [-0.25, -0.2) is 31.8 Å². The average Bonchev–Trinajstić information content (AvgIpc) is 2.89. The molecule has 0 amide bonds. The van der Waals surface area contributed by atoms with Gasteiger partial charge in [-0.15, -0.1) is 0 Å². The van der Waals surface area contributed by atoms with Crippen LogP contribution in [0, 0.1) is 6.92 Å².